The first-order valence-electron chi connectivity index (χ1n) is 14.9. The van der Waals surface area contributed by atoms with Gasteiger partial charge in [0.25, 0.3) is 0 Å². The molecular formula is C37H26ClF3N6O. The Kier molecular flexibility index (Phi) is 8.24. The molecule has 0 spiro atoms. The van der Waals surface area contributed by atoms with Gasteiger partial charge in [0.1, 0.15) is 0 Å². The van der Waals surface area contributed by atoms with Crippen molar-refractivity contribution < 1.29 is 17.9 Å². The third kappa shape index (κ3) is 7.13. The highest BCUT2D eigenvalue weighted by Crippen LogP contribution is 2.39. The number of benzene rings is 1. The van der Waals surface area contributed by atoms with Gasteiger partial charge in [-0.25, -0.2) is 15.0 Å². The van der Waals surface area contributed by atoms with Crippen molar-refractivity contribution in [3.05, 3.63) is 136 Å². The zero-order valence-electron chi connectivity index (χ0n) is 25.3. The summed E-state index contributed by atoms with van der Waals surface area (Å²) >= 11 is 5.99. The SMILES string of the molecule is C1=Cc2cc3ccc(cc4nc(cc5ccc(cc1n2)[nH]5)C=C4)[nH]3.Cc1ccc(C(Oc2cc3ccccc3nc2Cl)C(F)(F)F)cn1. The first kappa shape index (κ1) is 30.9. The Bertz CT molecular complexity index is 2190. The normalized spacial score (nSPS) is 12.9. The Morgan fingerprint density at radius 2 is 1.19 bits per heavy atom. The van der Waals surface area contributed by atoms with Crippen LogP contribution in [-0.4, -0.2) is 36.1 Å². The van der Waals surface area contributed by atoms with Crippen molar-refractivity contribution >= 4 is 68.9 Å². The molecule has 1 unspecified atom stereocenters. The van der Waals surface area contributed by atoms with E-state index in [1.54, 1.807) is 31.2 Å². The molecule has 7 nitrogen and oxygen atoms in total. The molecule has 238 valence electrons. The van der Waals surface area contributed by atoms with Crippen LogP contribution < -0.4 is 4.74 Å². The smallest absolute Gasteiger partial charge is 0.429 e. The number of H-pyrrole nitrogens is 2. The average molecular weight is 663 g/mol. The molecule has 0 aliphatic carbocycles. The number of alkyl halides is 3. The summed E-state index contributed by atoms with van der Waals surface area (Å²) in [6, 6.07) is 27.6. The number of rotatable bonds is 3. The zero-order chi connectivity index (χ0) is 33.3. The Morgan fingerprint density at radius 1 is 0.667 bits per heavy atom. The number of fused-ring (bicyclic) bond motifs is 9. The third-order valence-electron chi connectivity index (χ3n) is 7.47. The van der Waals surface area contributed by atoms with Crippen molar-refractivity contribution in [2.45, 2.75) is 19.2 Å². The van der Waals surface area contributed by atoms with E-state index in [1.165, 1.54) is 18.2 Å². The number of halogens is 4. The van der Waals surface area contributed by atoms with Gasteiger partial charge < -0.3 is 14.7 Å². The van der Waals surface area contributed by atoms with E-state index in [4.69, 9.17) is 16.3 Å². The van der Waals surface area contributed by atoms with Crippen LogP contribution in [0.15, 0.2) is 97.2 Å². The molecule has 0 saturated heterocycles. The molecule has 11 heteroatoms. The molecule has 48 heavy (non-hydrogen) atoms. The number of pyridine rings is 2. The second-order valence-electron chi connectivity index (χ2n) is 11.1. The summed E-state index contributed by atoms with van der Waals surface area (Å²) in [7, 11) is 0. The molecule has 5 aromatic heterocycles. The van der Waals surface area contributed by atoms with E-state index in [0.717, 1.165) is 51.0 Å². The second kappa shape index (κ2) is 12.8. The highest BCUT2D eigenvalue weighted by Gasteiger charge is 2.43. The lowest BCUT2D eigenvalue weighted by atomic mass is 10.1. The fraction of sp³-hybridized carbons (Fsp3) is 0.0811. The van der Waals surface area contributed by atoms with Crippen LogP contribution in [0, 0.1) is 6.92 Å². The molecular weight excluding hydrogens is 637 g/mol. The molecule has 2 N–H and O–H groups in total. The molecule has 0 fully saturated rings. The van der Waals surface area contributed by atoms with E-state index in [1.807, 2.05) is 48.6 Å². The van der Waals surface area contributed by atoms with Crippen LogP contribution in [0.4, 0.5) is 13.2 Å². The van der Waals surface area contributed by atoms with Gasteiger partial charge in [0, 0.05) is 44.9 Å². The molecule has 0 radical (unpaired) electrons. The molecule has 1 atom stereocenters. The number of aromatic nitrogens is 6. The lowest BCUT2D eigenvalue weighted by molar-refractivity contribution is -0.198. The van der Waals surface area contributed by atoms with Gasteiger partial charge in [-0.05, 0) is 98.0 Å². The summed E-state index contributed by atoms with van der Waals surface area (Å²) in [5.74, 6) is -0.127. The number of ether oxygens (including phenoxy) is 1. The lowest BCUT2D eigenvalue weighted by Crippen LogP contribution is -2.26. The molecule has 8 rings (SSSR count). The van der Waals surface area contributed by atoms with Gasteiger partial charge in [0.2, 0.25) is 6.10 Å². The minimum atomic E-state index is -4.62. The van der Waals surface area contributed by atoms with Gasteiger partial charge in [-0.15, -0.1) is 0 Å². The summed E-state index contributed by atoms with van der Waals surface area (Å²) < 4.78 is 45.4. The summed E-state index contributed by atoms with van der Waals surface area (Å²) in [4.78, 5) is 24.0. The van der Waals surface area contributed by atoms with Crippen molar-refractivity contribution in [2.24, 2.45) is 0 Å². The number of para-hydroxylation sites is 1. The van der Waals surface area contributed by atoms with Crippen LogP contribution in [0.5, 0.6) is 5.75 Å². The standard InChI is InChI=1S/C20H14N4.C17H12ClF3N2O/c1-2-14-10-16-5-6-18(23-16)12-20-8-7-19(24-20)11-17-4-3-15(22-17)9-13(1)21-14;1-10-6-7-12(9-22-10)15(17(19,20)21)24-14-8-11-4-2-3-5-13(11)23-16(14)18/h1-12,21,24H;2-9,15H,1H3. The largest absolute Gasteiger partial charge is 0.473 e. The van der Waals surface area contributed by atoms with Gasteiger partial charge in [0.15, 0.2) is 10.9 Å². The van der Waals surface area contributed by atoms with Gasteiger partial charge in [-0.1, -0.05) is 35.9 Å². The van der Waals surface area contributed by atoms with Crippen molar-refractivity contribution in [3.8, 4) is 5.75 Å². The quantitative estimate of drug-likeness (QED) is 0.184. The number of hydrogen-bond donors (Lipinski definition) is 2. The maximum absolute atomic E-state index is 13.4. The lowest BCUT2D eigenvalue weighted by Gasteiger charge is -2.22. The van der Waals surface area contributed by atoms with Gasteiger partial charge in [-0.2, -0.15) is 13.2 Å². The third-order valence-corrected chi connectivity index (χ3v) is 7.74. The molecule has 2 aliphatic heterocycles. The van der Waals surface area contributed by atoms with Crippen molar-refractivity contribution in [3.63, 3.8) is 0 Å². The highest BCUT2D eigenvalue weighted by molar-refractivity contribution is 6.31. The van der Waals surface area contributed by atoms with E-state index in [9.17, 15) is 13.2 Å². The Morgan fingerprint density at radius 3 is 1.67 bits per heavy atom. The summed E-state index contributed by atoms with van der Waals surface area (Å²) in [5, 5.41) is 0.517. The zero-order valence-corrected chi connectivity index (χ0v) is 26.1. The predicted molar refractivity (Wildman–Crippen MR) is 184 cm³/mol. The fourth-order valence-electron chi connectivity index (χ4n) is 5.18. The minimum Gasteiger partial charge on any atom is -0.473 e. The van der Waals surface area contributed by atoms with Gasteiger partial charge >= 0.3 is 6.18 Å². The monoisotopic (exact) mass is 662 g/mol. The molecule has 7 heterocycles. The summed E-state index contributed by atoms with van der Waals surface area (Å²) in [6.45, 7) is 1.69. The van der Waals surface area contributed by atoms with Crippen LogP contribution in [0.1, 0.15) is 40.1 Å². The van der Waals surface area contributed by atoms with E-state index < -0.39 is 12.3 Å². The average Bonchev–Trinajstić information content (AvgIpc) is 3.87. The minimum absolute atomic E-state index is 0.0997. The van der Waals surface area contributed by atoms with Crippen LogP contribution >= 0.6 is 11.6 Å². The molecule has 0 amide bonds. The van der Waals surface area contributed by atoms with Crippen molar-refractivity contribution in [2.75, 3.05) is 0 Å². The molecule has 1 aromatic carbocycles. The second-order valence-corrected chi connectivity index (χ2v) is 11.5. The first-order valence-corrected chi connectivity index (χ1v) is 15.3. The summed E-state index contributed by atoms with van der Waals surface area (Å²) in [6.07, 6.45) is 2.44. The Hall–Kier alpha value is -5.74. The van der Waals surface area contributed by atoms with Crippen LogP contribution in [0.3, 0.4) is 0 Å². The van der Waals surface area contributed by atoms with Crippen LogP contribution in [0.25, 0.3) is 57.3 Å². The number of hydrogen-bond acceptors (Lipinski definition) is 5. The maximum Gasteiger partial charge on any atom is 0.429 e. The Balaban J connectivity index is 0.000000152. The maximum atomic E-state index is 13.4. The number of aromatic amines is 2. The van der Waals surface area contributed by atoms with Gasteiger partial charge in [0.05, 0.1) is 28.3 Å². The van der Waals surface area contributed by atoms with E-state index in [-0.39, 0.29) is 16.5 Å². The summed E-state index contributed by atoms with van der Waals surface area (Å²) in [5.41, 5.74) is 8.96. The number of aryl methyl sites for hydroxylation is 1. The fourth-order valence-corrected chi connectivity index (χ4v) is 5.37. The molecule has 8 bridgehead atoms. The van der Waals surface area contributed by atoms with Crippen molar-refractivity contribution in [1.29, 1.82) is 0 Å². The molecule has 0 saturated carbocycles. The molecule has 6 aromatic rings. The van der Waals surface area contributed by atoms with Gasteiger partial charge in [-0.3, -0.25) is 4.98 Å². The van der Waals surface area contributed by atoms with E-state index >= 15 is 0 Å². The van der Waals surface area contributed by atoms with Crippen LogP contribution in [-0.2, 0) is 0 Å². The number of nitrogens with one attached hydrogen (secondary N) is 2. The van der Waals surface area contributed by atoms with E-state index in [2.05, 4.69) is 54.2 Å². The Labute approximate surface area is 277 Å². The van der Waals surface area contributed by atoms with Crippen LogP contribution in [0.2, 0.25) is 5.15 Å². The van der Waals surface area contributed by atoms with E-state index in [0.29, 0.717) is 16.6 Å². The highest BCUT2D eigenvalue weighted by atomic mass is 35.5. The predicted octanol–water partition coefficient (Wildman–Crippen LogP) is 9.93. The first-order chi connectivity index (χ1) is 23.1. The topological polar surface area (TPSA) is 92.4 Å². The molecule has 2 aliphatic rings. The van der Waals surface area contributed by atoms with Crippen molar-refractivity contribution in [1.82, 2.24) is 29.9 Å². The number of nitrogens with zero attached hydrogens (tertiary/aromatic N) is 4.